The van der Waals surface area contributed by atoms with E-state index in [1.807, 2.05) is 23.1 Å². The van der Waals surface area contributed by atoms with E-state index in [9.17, 15) is 9.59 Å². The van der Waals surface area contributed by atoms with Gasteiger partial charge in [-0.2, -0.15) is 0 Å². The third kappa shape index (κ3) is 2.76. The minimum absolute atomic E-state index is 0.0283. The molecule has 0 unspecified atom stereocenters. The summed E-state index contributed by atoms with van der Waals surface area (Å²) in [7, 11) is 0. The molecule has 0 radical (unpaired) electrons. The SMILES string of the molecule is O=C1CSc2ccc(CC(=O)N3CCCC3)cc2N1. The van der Waals surface area contributed by atoms with E-state index in [1.165, 1.54) is 0 Å². The zero-order valence-corrected chi connectivity index (χ0v) is 11.5. The summed E-state index contributed by atoms with van der Waals surface area (Å²) in [4.78, 5) is 26.4. The van der Waals surface area contributed by atoms with Crippen molar-refractivity contribution >= 4 is 29.3 Å². The van der Waals surface area contributed by atoms with Crippen LogP contribution in [0.25, 0.3) is 0 Å². The zero-order valence-electron chi connectivity index (χ0n) is 10.6. The average Bonchev–Trinajstić information content (AvgIpc) is 2.92. The van der Waals surface area contributed by atoms with Crippen LogP contribution in [0, 0.1) is 0 Å². The summed E-state index contributed by atoms with van der Waals surface area (Å²) in [5.41, 5.74) is 1.81. The number of hydrogen-bond donors (Lipinski definition) is 1. The Hall–Kier alpha value is -1.49. The third-order valence-electron chi connectivity index (χ3n) is 3.49. The highest BCUT2D eigenvalue weighted by atomic mass is 32.2. The summed E-state index contributed by atoms with van der Waals surface area (Å²) in [6, 6.07) is 5.90. The molecule has 4 nitrogen and oxygen atoms in total. The normalized spacial score (nSPS) is 18.1. The molecule has 0 atom stereocenters. The van der Waals surface area contributed by atoms with Crippen molar-refractivity contribution in [2.24, 2.45) is 0 Å². The molecule has 0 aliphatic carbocycles. The van der Waals surface area contributed by atoms with Crippen molar-refractivity contribution in [2.45, 2.75) is 24.2 Å². The van der Waals surface area contributed by atoms with E-state index in [2.05, 4.69) is 5.32 Å². The lowest BCUT2D eigenvalue weighted by molar-refractivity contribution is -0.129. The summed E-state index contributed by atoms with van der Waals surface area (Å²) in [6.45, 7) is 1.77. The molecule has 0 spiro atoms. The van der Waals surface area contributed by atoms with Crippen molar-refractivity contribution in [2.75, 3.05) is 24.2 Å². The van der Waals surface area contributed by atoms with Crippen LogP contribution in [0.1, 0.15) is 18.4 Å². The maximum absolute atomic E-state index is 12.1. The molecule has 1 aromatic rings. The minimum Gasteiger partial charge on any atom is -0.342 e. The van der Waals surface area contributed by atoms with Gasteiger partial charge in [-0.1, -0.05) is 6.07 Å². The first-order valence-electron chi connectivity index (χ1n) is 6.56. The van der Waals surface area contributed by atoms with Gasteiger partial charge in [0.2, 0.25) is 11.8 Å². The van der Waals surface area contributed by atoms with Gasteiger partial charge < -0.3 is 10.2 Å². The van der Waals surface area contributed by atoms with Gasteiger partial charge in [0.25, 0.3) is 0 Å². The molecular formula is C14H16N2O2S. The van der Waals surface area contributed by atoms with Gasteiger partial charge in [0.1, 0.15) is 0 Å². The zero-order chi connectivity index (χ0) is 13.2. The monoisotopic (exact) mass is 276 g/mol. The number of thioether (sulfide) groups is 1. The second-order valence-electron chi connectivity index (χ2n) is 4.93. The summed E-state index contributed by atoms with van der Waals surface area (Å²) in [5.74, 6) is 0.687. The number of nitrogens with one attached hydrogen (secondary N) is 1. The van der Waals surface area contributed by atoms with E-state index in [0.717, 1.165) is 42.1 Å². The van der Waals surface area contributed by atoms with E-state index < -0.39 is 0 Å². The van der Waals surface area contributed by atoms with Crippen molar-refractivity contribution < 1.29 is 9.59 Å². The predicted molar refractivity (Wildman–Crippen MR) is 75.3 cm³/mol. The Balaban J connectivity index is 1.73. The predicted octanol–water partition coefficient (Wildman–Crippen LogP) is 1.90. The van der Waals surface area contributed by atoms with Crippen LogP contribution in [0.5, 0.6) is 0 Å². The largest absolute Gasteiger partial charge is 0.342 e. The van der Waals surface area contributed by atoms with Gasteiger partial charge >= 0.3 is 0 Å². The van der Waals surface area contributed by atoms with Crippen LogP contribution in [0.3, 0.4) is 0 Å². The Morgan fingerprint density at radius 2 is 2.11 bits per heavy atom. The number of hydrogen-bond acceptors (Lipinski definition) is 3. The maximum Gasteiger partial charge on any atom is 0.234 e. The molecule has 0 aromatic heterocycles. The van der Waals surface area contributed by atoms with Gasteiger partial charge in [-0.3, -0.25) is 9.59 Å². The fraction of sp³-hybridized carbons (Fsp3) is 0.429. The first-order chi connectivity index (χ1) is 9.22. The minimum atomic E-state index is 0.0283. The highest BCUT2D eigenvalue weighted by Crippen LogP contribution is 2.32. The van der Waals surface area contributed by atoms with Crippen molar-refractivity contribution in [1.29, 1.82) is 0 Å². The number of carbonyl (C=O) groups is 2. The quantitative estimate of drug-likeness (QED) is 0.897. The van der Waals surface area contributed by atoms with E-state index in [0.29, 0.717) is 12.2 Å². The average molecular weight is 276 g/mol. The molecule has 100 valence electrons. The van der Waals surface area contributed by atoms with Gasteiger partial charge in [-0.25, -0.2) is 0 Å². The van der Waals surface area contributed by atoms with E-state index in [1.54, 1.807) is 11.8 Å². The van der Waals surface area contributed by atoms with Gasteiger partial charge in [-0.15, -0.1) is 11.8 Å². The van der Waals surface area contributed by atoms with E-state index in [4.69, 9.17) is 0 Å². The third-order valence-corrected chi connectivity index (χ3v) is 4.56. The second-order valence-corrected chi connectivity index (χ2v) is 5.95. The highest BCUT2D eigenvalue weighted by Gasteiger charge is 2.20. The Labute approximate surface area is 116 Å². The summed E-state index contributed by atoms with van der Waals surface area (Å²) >= 11 is 1.54. The number of carbonyl (C=O) groups excluding carboxylic acids is 2. The molecule has 2 aliphatic heterocycles. The molecule has 2 amide bonds. The number of amides is 2. The van der Waals surface area contributed by atoms with Crippen molar-refractivity contribution in [1.82, 2.24) is 4.90 Å². The van der Waals surface area contributed by atoms with Crippen LogP contribution in [0.2, 0.25) is 0 Å². The van der Waals surface area contributed by atoms with Crippen LogP contribution >= 0.6 is 11.8 Å². The maximum atomic E-state index is 12.1. The molecule has 3 rings (SSSR count). The molecular weight excluding hydrogens is 260 g/mol. The Bertz CT molecular complexity index is 524. The summed E-state index contributed by atoms with van der Waals surface area (Å²) < 4.78 is 0. The topological polar surface area (TPSA) is 49.4 Å². The van der Waals surface area contributed by atoms with Crippen LogP contribution in [-0.2, 0) is 16.0 Å². The van der Waals surface area contributed by atoms with Crippen molar-refractivity contribution in [3.63, 3.8) is 0 Å². The molecule has 0 saturated carbocycles. The molecule has 0 bridgehead atoms. The first kappa shape index (κ1) is 12.5. The van der Waals surface area contributed by atoms with Gasteiger partial charge in [0.05, 0.1) is 17.9 Å². The molecule has 1 saturated heterocycles. The lowest BCUT2D eigenvalue weighted by Gasteiger charge is -2.18. The fourth-order valence-corrected chi connectivity index (χ4v) is 3.28. The molecule has 1 fully saturated rings. The van der Waals surface area contributed by atoms with Crippen molar-refractivity contribution in [3.8, 4) is 0 Å². The number of anilines is 1. The highest BCUT2D eigenvalue weighted by molar-refractivity contribution is 8.00. The molecule has 19 heavy (non-hydrogen) atoms. The molecule has 1 N–H and O–H groups in total. The molecule has 2 aliphatic rings. The lowest BCUT2D eigenvalue weighted by Crippen LogP contribution is -2.29. The van der Waals surface area contributed by atoms with E-state index >= 15 is 0 Å². The lowest BCUT2D eigenvalue weighted by atomic mass is 10.1. The fourth-order valence-electron chi connectivity index (χ4n) is 2.49. The van der Waals surface area contributed by atoms with Crippen LogP contribution in [-0.4, -0.2) is 35.6 Å². The summed E-state index contributed by atoms with van der Waals surface area (Å²) in [5, 5.41) is 2.86. The molecule has 5 heteroatoms. The number of rotatable bonds is 2. The smallest absolute Gasteiger partial charge is 0.234 e. The Morgan fingerprint density at radius 1 is 1.32 bits per heavy atom. The number of likely N-dealkylation sites (tertiary alicyclic amines) is 1. The van der Waals surface area contributed by atoms with Crippen LogP contribution in [0.4, 0.5) is 5.69 Å². The first-order valence-corrected chi connectivity index (χ1v) is 7.54. The van der Waals surface area contributed by atoms with Gasteiger partial charge in [0, 0.05) is 18.0 Å². The van der Waals surface area contributed by atoms with Gasteiger partial charge in [-0.05, 0) is 30.5 Å². The van der Waals surface area contributed by atoms with Crippen LogP contribution in [0.15, 0.2) is 23.1 Å². The van der Waals surface area contributed by atoms with Crippen LogP contribution < -0.4 is 5.32 Å². The Kier molecular flexibility index (Phi) is 3.46. The summed E-state index contributed by atoms with van der Waals surface area (Å²) in [6.07, 6.45) is 2.65. The number of benzene rings is 1. The second kappa shape index (κ2) is 5.25. The molecule has 2 heterocycles. The number of fused-ring (bicyclic) bond motifs is 1. The van der Waals surface area contributed by atoms with Crippen molar-refractivity contribution in [3.05, 3.63) is 23.8 Å². The number of nitrogens with zero attached hydrogens (tertiary/aromatic N) is 1. The molecule has 1 aromatic carbocycles. The standard InChI is InChI=1S/C14H16N2O2S/c17-13-9-19-12-4-3-10(7-11(12)15-13)8-14(18)16-5-1-2-6-16/h3-4,7H,1-2,5-6,8-9H2,(H,15,17). The Morgan fingerprint density at radius 3 is 2.89 bits per heavy atom. The van der Waals surface area contributed by atoms with Gasteiger partial charge in [0.15, 0.2) is 0 Å². The van der Waals surface area contributed by atoms with E-state index in [-0.39, 0.29) is 11.8 Å².